The van der Waals surface area contributed by atoms with Gasteiger partial charge in [-0.25, -0.2) is 0 Å². The van der Waals surface area contributed by atoms with Gasteiger partial charge < -0.3 is 9.73 Å². The maximum Gasteiger partial charge on any atom is 0.220 e. The Morgan fingerprint density at radius 1 is 1.07 bits per heavy atom. The number of nitrogens with zero attached hydrogens (tertiary/aromatic N) is 2. The van der Waals surface area contributed by atoms with Crippen LogP contribution in [0.15, 0.2) is 71.6 Å². The molecule has 30 heavy (non-hydrogen) atoms. The molecular weight excluding hydrogens is 374 g/mol. The second-order valence-corrected chi connectivity index (χ2v) is 8.07. The maximum atomic E-state index is 12.1. The van der Waals surface area contributed by atoms with Crippen LogP contribution in [0.25, 0.3) is 11.3 Å². The smallest absolute Gasteiger partial charge is 0.220 e. The highest BCUT2D eigenvalue weighted by atomic mass is 16.3. The van der Waals surface area contributed by atoms with Gasteiger partial charge in [0.1, 0.15) is 5.76 Å². The Morgan fingerprint density at radius 3 is 2.60 bits per heavy atom. The number of carbonyl (C=O) groups is 1. The van der Waals surface area contributed by atoms with Crippen LogP contribution in [0.1, 0.15) is 36.8 Å². The van der Waals surface area contributed by atoms with Crippen molar-refractivity contribution in [1.29, 1.82) is 0 Å². The van der Waals surface area contributed by atoms with E-state index in [0.717, 1.165) is 42.9 Å². The number of piperidine rings is 1. The quantitative estimate of drug-likeness (QED) is 0.595. The summed E-state index contributed by atoms with van der Waals surface area (Å²) >= 11 is 0. The third-order valence-electron chi connectivity index (χ3n) is 5.87. The van der Waals surface area contributed by atoms with Crippen molar-refractivity contribution in [2.45, 2.75) is 38.8 Å². The van der Waals surface area contributed by atoms with Gasteiger partial charge in [0, 0.05) is 37.5 Å². The molecule has 1 aliphatic rings. The molecule has 0 bridgehead atoms. The molecule has 0 spiro atoms. The Kier molecular flexibility index (Phi) is 6.93. The van der Waals surface area contributed by atoms with E-state index in [-0.39, 0.29) is 5.91 Å². The molecule has 1 aliphatic heterocycles. The molecule has 1 fully saturated rings. The van der Waals surface area contributed by atoms with Gasteiger partial charge in [-0.2, -0.15) is 0 Å². The Bertz CT molecular complexity index is 899. The number of benzene rings is 1. The molecule has 1 aromatic carbocycles. The second kappa shape index (κ2) is 10.2. The number of aromatic nitrogens is 1. The third kappa shape index (κ3) is 5.80. The summed E-state index contributed by atoms with van der Waals surface area (Å²) in [5, 5.41) is 3.00. The molecule has 0 aliphatic carbocycles. The standard InChI is InChI=1S/C25H29N3O2/c29-25(27-18-22-3-1-13-26-17-22)10-7-20-11-14-28(15-12-20)19-21-5-8-23(9-6-21)24-4-2-16-30-24/h1-6,8-9,13,16-17,20H,7,10-12,14-15,18-19H2,(H,27,29). The van der Waals surface area contributed by atoms with Crippen LogP contribution >= 0.6 is 0 Å². The van der Waals surface area contributed by atoms with Crippen molar-refractivity contribution in [2.75, 3.05) is 13.1 Å². The summed E-state index contributed by atoms with van der Waals surface area (Å²) in [7, 11) is 0. The molecular formula is C25H29N3O2. The van der Waals surface area contributed by atoms with Crippen LogP contribution in [0.4, 0.5) is 0 Å². The average Bonchev–Trinajstić information content (AvgIpc) is 3.33. The van der Waals surface area contributed by atoms with E-state index in [4.69, 9.17) is 4.42 Å². The number of nitrogens with one attached hydrogen (secondary N) is 1. The van der Waals surface area contributed by atoms with Gasteiger partial charge in [0.15, 0.2) is 0 Å². The summed E-state index contributed by atoms with van der Waals surface area (Å²) in [4.78, 5) is 18.7. The predicted molar refractivity (Wildman–Crippen MR) is 117 cm³/mol. The highest BCUT2D eigenvalue weighted by Gasteiger charge is 2.20. The Balaban J connectivity index is 1.15. The van der Waals surface area contributed by atoms with E-state index in [9.17, 15) is 4.79 Å². The number of amides is 1. The zero-order valence-electron chi connectivity index (χ0n) is 17.3. The summed E-state index contributed by atoms with van der Waals surface area (Å²) in [5.41, 5.74) is 3.49. The number of likely N-dealkylation sites (tertiary alicyclic amines) is 1. The lowest BCUT2D eigenvalue weighted by atomic mass is 9.92. The number of furan rings is 1. The zero-order valence-corrected chi connectivity index (χ0v) is 17.3. The van der Waals surface area contributed by atoms with Gasteiger partial charge in [-0.1, -0.05) is 30.3 Å². The zero-order chi connectivity index (χ0) is 20.6. The van der Waals surface area contributed by atoms with Crippen molar-refractivity contribution >= 4 is 5.91 Å². The van der Waals surface area contributed by atoms with Crippen LogP contribution < -0.4 is 5.32 Å². The van der Waals surface area contributed by atoms with Crippen LogP contribution in [0, 0.1) is 5.92 Å². The topological polar surface area (TPSA) is 58.4 Å². The summed E-state index contributed by atoms with van der Waals surface area (Å²) in [6.07, 6.45) is 9.16. The van der Waals surface area contributed by atoms with Crippen molar-refractivity contribution in [2.24, 2.45) is 5.92 Å². The van der Waals surface area contributed by atoms with Crippen LogP contribution in [-0.2, 0) is 17.9 Å². The Labute approximate surface area is 178 Å². The average molecular weight is 404 g/mol. The van der Waals surface area contributed by atoms with E-state index in [1.165, 1.54) is 18.4 Å². The lowest BCUT2D eigenvalue weighted by Crippen LogP contribution is -2.33. The molecule has 0 saturated carbocycles. The van der Waals surface area contributed by atoms with Crippen LogP contribution in [0.3, 0.4) is 0 Å². The van der Waals surface area contributed by atoms with E-state index in [1.54, 1.807) is 18.7 Å². The molecule has 1 amide bonds. The molecule has 0 atom stereocenters. The van der Waals surface area contributed by atoms with Gasteiger partial charge in [-0.05, 0) is 67.6 Å². The van der Waals surface area contributed by atoms with Crippen molar-refractivity contribution in [3.8, 4) is 11.3 Å². The highest BCUT2D eigenvalue weighted by Crippen LogP contribution is 2.24. The summed E-state index contributed by atoms with van der Waals surface area (Å²) in [5.74, 6) is 1.69. The van der Waals surface area contributed by atoms with Crippen LogP contribution in [0.5, 0.6) is 0 Å². The van der Waals surface area contributed by atoms with Gasteiger partial charge >= 0.3 is 0 Å². The molecule has 5 nitrogen and oxygen atoms in total. The Morgan fingerprint density at radius 2 is 1.90 bits per heavy atom. The monoisotopic (exact) mass is 403 g/mol. The highest BCUT2D eigenvalue weighted by molar-refractivity contribution is 5.75. The lowest BCUT2D eigenvalue weighted by molar-refractivity contribution is -0.121. The first-order chi connectivity index (χ1) is 14.8. The van der Waals surface area contributed by atoms with Gasteiger partial charge in [0.2, 0.25) is 5.91 Å². The van der Waals surface area contributed by atoms with Crippen molar-refractivity contribution in [3.05, 3.63) is 78.3 Å². The van der Waals surface area contributed by atoms with E-state index in [2.05, 4.69) is 39.5 Å². The number of rotatable bonds is 8. The SMILES string of the molecule is O=C(CCC1CCN(Cc2ccc(-c3ccco3)cc2)CC1)NCc1cccnc1. The predicted octanol–water partition coefficient (Wildman–Crippen LogP) is 4.65. The first-order valence-electron chi connectivity index (χ1n) is 10.8. The maximum absolute atomic E-state index is 12.1. The molecule has 3 aromatic rings. The van der Waals surface area contributed by atoms with Gasteiger partial charge in [0.05, 0.1) is 6.26 Å². The second-order valence-electron chi connectivity index (χ2n) is 8.07. The number of hydrogen-bond donors (Lipinski definition) is 1. The first-order valence-corrected chi connectivity index (χ1v) is 10.8. The summed E-state index contributed by atoms with van der Waals surface area (Å²) in [6, 6.07) is 16.4. The molecule has 5 heteroatoms. The molecule has 0 unspecified atom stereocenters. The van der Waals surface area contributed by atoms with Gasteiger partial charge in [-0.15, -0.1) is 0 Å². The van der Waals surface area contributed by atoms with Crippen molar-refractivity contribution < 1.29 is 9.21 Å². The minimum atomic E-state index is 0.137. The summed E-state index contributed by atoms with van der Waals surface area (Å²) < 4.78 is 5.46. The molecule has 156 valence electrons. The van der Waals surface area contributed by atoms with Crippen LogP contribution in [-0.4, -0.2) is 28.9 Å². The third-order valence-corrected chi connectivity index (χ3v) is 5.87. The molecule has 0 radical (unpaired) electrons. The largest absolute Gasteiger partial charge is 0.464 e. The minimum Gasteiger partial charge on any atom is -0.464 e. The van der Waals surface area contributed by atoms with E-state index in [0.29, 0.717) is 18.9 Å². The van der Waals surface area contributed by atoms with Crippen molar-refractivity contribution in [1.82, 2.24) is 15.2 Å². The van der Waals surface area contributed by atoms with Gasteiger partial charge in [-0.3, -0.25) is 14.7 Å². The number of pyridine rings is 1. The molecule has 2 aromatic heterocycles. The fourth-order valence-electron chi connectivity index (χ4n) is 4.04. The fourth-order valence-corrected chi connectivity index (χ4v) is 4.04. The molecule has 1 saturated heterocycles. The van der Waals surface area contributed by atoms with Gasteiger partial charge in [0.25, 0.3) is 0 Å². The Hall–Kier alpha value is -2.92. The summed E-state index contributed by atoms with van der Waals surface area (Å²) in [6.45, 7) is 3.74. The minimum absolute atomic E-state index is 0.137. The van der Waals surface area contributed by atoms with Crippen LogP contribution in [0.2, 0.25) is 0 Å². The van der Waals surface area contributed by atoms with E-state index >= 15 is 0 Å². The molecule has 1 N–H and O–H groups in total. The number of hydrogen-bond acceptors (Lipinski definition) is 4. The van der Waals surface area contributed by atoms with Crippen molar-refractivity contribution in [3.63, 3.8) is 0 Å². The number of carbonyl (C=O) groups excluding carboxylic acids is 1. The lowest BCUT2D eigenvalue weighted by Gasteiger charge is -2.32. The molecule has 4 rings (SSSR count). The fraction of sp³-hybridized carbons (Fsp3) is 0.360. The normalized spacial score (nSPS) is 15.2. The first kappa shape index (κ1) is 20.4. The van der Waals surface area contributed by atoms with E-state index < -0.39 is 0 Å². The molecule has 3 heterocycles. The van der Waals surface area contributed by atoms with E-state index in [1.807, 2.05) is 24.3 Å².